The van der Waals surface area contributed by atoms with Crippen LogP contribution in [0.25, 0.3) is 0 Å². The van der Waals surface area contributed by atoms with E-state index in [0.717, 1.165) is 25.8 Å². The molecular formula is C22H33NO. The Kier molecular flexibility index (Phi) is 5.46. The molecule has 1 saturated carbocycles. The highest BCUT2D eigenvalue weighted by Crippen LogP contribution is 2.48. The number of aliphatic hydroxyl groups is 1. The van der Waals surface area contributed by atoms with Crippen LogP contribution in [0.15, 0.2) is 36.4 Å². The number of nitrogens with zero attached hydrogens (tertiary/aromatic N) is 1. The smallest absolute Gasteiger partial charge is 0.0485 e. The van der Waals surface area contributed by atoms with E-state index in [4.69, 9.17) is 0 Å². The lowest BCUT2D eigenvalue weighted by atomic mass is 9.63. The van der Waals surface area contributed by atoms with E-state index in [1.54, 1.807) is 0 Å². The maximum absolute atomic E-state index is 9.82. The largest absolute Gasteiger partial charge is 0.396 e. The van der Waals surface area contributed by atoms with Crippen molar-refractivity contribution in [3.8, 4) is 0 Å². The van der Waals surface area contributed by atoms with Gasteiger partial charge in [-0.2, -0.15) is 0 Å². The van der Waals surface area contributed by atoms with Crippen LogP contribution in [0.3, 0.4) is 0 Å². The molecule has 0 unspecified atom stereocenters. The molecule has 1 aromatic carbocycles. The summed E-state index contributed by atoms with van der Waals surface area (Å²) in [6.45, 7) is 12.5. The van der Waals surface area contributed by atoms with Crippen LogP contribution in [0.5, 0.6) is 0 Å². The molecule has 1 aliphatic heterocycles. The van der Waals surface area contributed by atoms with Gasteiger partial charge in [-0.15, -0.1) is 0 Å². The first-order valence-electron chi connectivity index (χ1n) is 9.58. The maximum Gasteiger partial charge on any atom is 0.0485 e. The summed E-state index contributed by atoms with van der Waals surface area (Å²) in [5, 5.41) is 9.82. The minimum absolute atomic E-state index is 0.0604. The average Bonchev–Trinajstić information content (AvgIpc) is 3.08. The van der Waals surface area contributed by atoms with Crippen LogP contribution >= 0.6 is 0 Å². The third kappa shape index (κ3) is 3.92. The predicted octanol–water partition coefficient (Wildman–Crippen LogP) is 4.74. The van der Waals surface area contributed by atoms with Crippen molar-refractivity contribution in [1.82, 2.24) is 4.90 Å². The summed E-state index contributed by atoms with van der Waals surface area (Å²) in [6, 6.07) is 9.28. The van der Waals surface area contributed by atoms with Crippen LogP contribution in [0, 0.1) is 11.3 Å². The molecule has 3 atom stereocenters. The second-order valence-electron chi connectivity index (χ2n) is 8.50. The van der Waals surface area contributed by atoms with Crippen molar-refractivity contribution in [2.24, 2.45) is 11.3 Å². The van der Waals surface area contributed by atoms with E-state index in [2.05, 4.69) is 49.6 Å². The Hall–Kier alpha value is -1.12. The molecule has 0 aromatic heterocycles. The van der Waals surface area contributed by atoms with Gasteiger partial charge in [0.25, 0.3) is 0 Å². The van der Waals surface area contributed by atoms with Gasteiger partial charge in [-0.25, -0.2) is 0 Å². The van der Waals surface area contributed by atoms with Crippen molar-refractivity contribution in [2.75, 3.05) is 19.7 Å². The van der Waals surface area contributed by atoms with Gasteiger partial charge in [-0.1, -0.05) is 43.3 Å². The fourth-order valence-electron chi connectivity index (χ4n) is 4.63. The lowest BCUT2D eigenvalue weighted by Gasteiger charge is -2.42. The minimum Gasteiger partial charge on any atom is -0.396 e. The van der Waals surface area contributed by atoms with Gasteiger partial charge in [0.1, 0.15) is 0 Å². The van der Waals surface area contributed by atoms with Crippen molar-refractivity contribution in [3.63, 3.8) is 0 Å². The molecule has 0 radical (unpaired) electrons. The summed E-state index contributed by atoms with van der Waals surface area (Å²) in [4.78, 5) is 2.55. The van der Waals surface area contributed by atoms with Crippen LogP contribution in [0.4, 0.5) is 0 Å². The molecule has 0 spiro atoms. The quantitative estimate of drug-likeness (QED) is 0.790. The Balaban J connectivity index is 1.75. The second kappa shape index (κ2) is 7.41. The Labute approximate surface area is 147 Å². The van der Waals surface area contributed by atoms with Crippen molar-refractivity contribution in [2.45, 2.75) is 58.4 Å². The number of allylic oxidation sites excluding steroid dienone is 1. The molecule has 1 heterocycles. The van der Waals surface area contributed by atoms with Crippen LogP contribution in [0.1, 0.15) is 63.0 Å². The second-order valence-corrected chi connectivity index (χ2v) is 8.50. The fraction of sp³-hybridized carbons (Fsp3) is 0.636. The molecule has 0 bridgehead atoms. The lowest BCUT2D eigenvalue weighted by Crippen LogP contribution is -2.33. The van der Waals surface area contributed by atoms with Crippen molar-refractivity contribution >= 4 is 0 Å². The van der Waals surface area contributed by atoms with Gasteiger partial charge in [-0.3, -0.25) is 4.90 Å². The number of rotatable bonds is 5. The highest BCUT2D eigenvalue weighted by molar-refractivity contribution is 5.29. The Morgan fingerprint density at radius 1 is 1.25 bits per heavy atom. The molecule has 132 valence electrons. The highest BCUT2D eigenvalue weighted by Gasteiger charge is 2.38. The number of hydrogen-bond donors (Lipinski definition) is 1. The van der Waals surface area contributed by atoms with Crippen LogP contribution in [-0.4, -0.2) is 29.7 Å². The van der Waals surface area contributed by atoms with E-state index < -0.39 is 0 Å². The van der Waals surface area contributed by atoms with E-state index in [-0.39, 0.29) is 5.41 Å². The van der Waals surface area contributed by atoms with E-state index in [1.807, 2.05) is 0 Å². The van der Waals surface area contributed by atoms with E-state index >= 15 is 0 Å². The SMILES string of the molecule is C=C(C)[C@@H]1CC[C@](C)(CO)C[C@H]1c1ccc(CN2CCCC2)cc1. The number of hydrogen-bond acceptors (Lipinski definition) is 2. The zero-order valence-electron chi connectivity index (χ0n) is 15.4. The molecule has 2 heteroatoms. The maximum atomic E-state index is 9.82. The van der Waals surface area contributed by atoms with Gasteiger partial charge >= 0.3 is 0 Å². The molecule has 2 nitrogen and oxygen atoms in total. The molecule has 2 fully saturated rings. The molecule has 1 aromatic rings. The summed E-state index contributed by atoms with van der Waals surface area (Å²) in [5.41, 5.74) is 4.20. The van der Waals surface area contributed by atoms with Crippen LogP contribution in [-0.2, 0) is 6.54 Å². The fourth-order valence-corrected chi connectivity index (χ4v) is 4.63. The zero-order valence-corrected chi connectivity index (χ0v) is 15.4. The first-order chi connectivity index (χ1) is 11.5. The normalized spacial score (nSPS) is 31.3. The van der Waals surface area contributed by atoms with Gasteiger partial charge < -0.3 is 5.11 Å². The standard InChI is InChI=1S/C22H33NO/c1-17(2)20-10-11-22(3,16-24)14-21(20)19-8-6-18(7-9-19)15-23-12-4-5-13-23/h6-9,20-21,24H,1,4-5,10-16H2,2-3H3/t20-,21-,22-/m0/s1. The zero-order chi connectivity index (χ0) is 17.2. The highest BCUT2D eigenvalue weighted by atomic mass is 16.3. The number of aliphatic hydroxyl groups excluding tert-OH is 1. The predicted molar refractivity (Wildman–Crippen MR) is 101 cm³/mol. The molecule has 24 heavy (non-hydrogen) atoms. The average molecular weight is 328 g/mol. The van der Waals surface area contributed by atoms with Gasteiger partial charge in [0.15, 0.2) is 0 Å². The van der Waals surface area contributed by atoms with Crippen molar-refractivity contribution in [3.05, 3.63) is 47.5 Å². The lowest BCUT2D eigenvalue weighted by molar-refractivity contribution is 0.0747. The first-order valence-corrected chi connectivity index (χ1v) is 9.58. The molecule has 2 aliphatic rings. The van der Waals surface area contributed by atoms with Crippen molar-refractivity contribution in [1.29, 1.82) is 0 Å². The summed E-state index contributed by atoms with van der Waals surface area (Å²) in [7, 11) is 0. The summed E-state index contributed by atoms with van der Waals surface area (Å²) in [6.07, 6.45) is 6.00. The Bertz CT molecular complexity index is 558. The summed E-state index contributed by atoms with van der Waals surface area (Å²) >= 11 is 0. The Morgan fingerprint density at radius 3 is 2.50 bits per heavy atom. The van der Waals surface area contributed by atoms with Gasteiger partial charge in [0, 0.05) is 13.2 Å². The van der Waals surface area contributed by atoms with Gasteiger partial charge in [0.05, 0.1) is 0 Å². The number of likely N-dealkylation sites (tertiary alicyclic amines) is 1. The molecular weight excluding hydrogens is 294 g/mol. The molecule has 1 saturated heterocycles. The van der Waals surface area contributed by atoms with E-state index in [1.165, 1.54) is 42.6 Å². The molecule has 3 rings (SSSR count). The molecule has 1 aliphatic carbocycles. The van der Waals surface area contributed by atoms with Crippen LogP contribution < -0.4 is 0 Å². The molecule has 1 N–H and O–H groups in total. The van der Waals surface area contributed by atoms with Crippen molar-refractivity contribution < 1.29 is 5.11 Å². The number of benzene rings is 1. The topological polar surface area (TPSA) is 23.5 Å². The van der Waals surface area contributed by atoms with E-state index in [0.29, 0.717) is 18.4 Å². The summed E-state index contributed by atoms with van der Waals surface area (Å²) < 4.78 is 0. The van der Waals surface area contributed by atoms with Gasteiger partial charge in [-0.05, 0) is 80.5 Å². The third-order valence-electron chi connectivity index (χ3n) is 6.28. The monoisotopic (exact) mass is 327 g/mol. The van der Waals surface area contributed by atoms with Gasteiger partial charge in [0.2, 0.25) is 0 Å². The third-order valence-corrected chi connectivity index (χ3v) is 6.28. The first kappa shape index (κ1) is 17.7. The summed E-state index contributed by atoms with van der Waals surface area (Å²) in [5.74, 6) is 1.04. The molecule has 0 amide bonds. The minimum atomic E-state index is 0.0604. The van der Waals surface area contributed by atoms with E-state index in [9.17, 15) is 5.11 Å². The van der Waals surface area contributed by atoms with Crippen LogP contribution in [0.2, 0.25) is 0 Å². The Morgan fingerprint density at radius 2 is 1.92 bits per heavy atom.